The van der Waals surface area contributed by atoms with Gasteiger partial charge in [0.1, 0.15) is 6.04 Å². The third-order valence-electron chi connectivity index (χ3n) is 6.66. The molecule has 7 nitrogen and oxygen atoms in total. The molecule has 198 valence electrons. The normalized spacial score (nSPS) is 13.3. The molecular formula is C29H37N3O4S. The topological polar surface area (TPSA) is 86.8 Å². The summed E-state index contributed by atoms with van der Waals surface area (Å²) in [6.07, 6.45) is 1.75. The Bertz CT molecular complexity index is 1310. The maximum absolute atomic E-state index is 13.6. The van der Waals surface area contributed by atoms with Crippen LogP contribution in [0.2, 0.25) is 0 Å². The highest BCUT2D eigenvalue weighted by molar-refractivity contribution is 7.89. The Labute approximate surface area is 220 Å². The molecule has 3 aromatic rings. The minimum atomic E-state index is -3.92. The van der Waals surface area contributed by atoms with E-state index in [1.54, 1.807) is 18.2 Å². The van der Waals surface area contributed by atoms with Crippen molar-refractivity contribution in [1.82, 2.24) is 14.5 Å². The van der Waals surface area contributed by atoms with Gasteiger partial charge in [-0.05, 0) is 54.7 Å². The zero-order chi connectivity index (χ0) is 27.0. The molecule has 0 unspecified atom stereocenters. The summed E-state index contributed by atoms with van der Waals surface area (Å²) in [6.45, 7) is 5.71. The maximum Gasteiger partial charge on any atom is 0.243 e. The van der Waals surface area contributed by atoms with Crippen LogP contribution in [0.3, 0.4) is 0 Å². The molecule has 1 N–H and O–H groups in total. The van der Waals surface area contributed by atoms with Crippen LogP contribution in [0.5, 0.6) is 0 Å². The summed E-state index contributed by atoms with van der Waals surface area (Å²) >= 11 is 0. The molecule has 0 aliphatic rings. The van der Waals surface area contributed by atoms with Gasteiger partial charge in [0.2, 0.25) is 21.8 Å². The number of amides is 2. The second-order valence-corrected chi connectivity index (χ2v) is 11.4. The van der Waals surface area contributed by atoms with Crippen molar-refractivity contribution in [1.29, 1.82) is 0 Å². The van der Waals surface area contributed by atoms with Crippen molar-refractivity contribution in [2.75, 3.05) is 20.1 Å². The maximum atomic E-state index is 13.6. The van der Waals surface area contributed by atoms with Gasteiger partial charge in [0.05, 0.1) is 11.4 Å². The lowest BCUT2D eigenvalue weighted by Crippen LogP contribution is -2.53. The highest BCUT2D eigenvalue weighted by atomic mass is 32.2. The van der Waals surface area contributed by atoms with Crippen LogP contribution >= 0.6 is 0 Å². The van der Waals surface area contributed by atoms with Crippen LogP contribution in [-0.2, 0) is 26.0 Å². The van der Waals surface area contributed by atoms with Crippen LogP contribution in [0.1, 0.15) is 39.2 Å². The number of fused-ring (bicyclic) bond motifs is 1. The molecule has 0 bridgehead atoms. The van der Waals surface area contributed by atoms with Crippen molar-refractivity contribution >= 4 is 32.6 Å². The average Bonchev–Trinajstić information content (AvgIpc) is 2.90. The fourth-order valence-electron chi connectivity index (χ4n) is 4.21. The standard InChI is InChI=1S/C29H37N3O4S/c1-5-22(3)30-29(34)27(6-2)32(19-18-23-12-8-7-9-13-23)28(33)21-31(4)37(35,36)26-17-16-24-14-10-11-15-25(24)20-26/h7-17,20,22,27H,5-6,18-19,21H2,1-4H3,(H,30,34)/t22-,27-/m0/s1. The summed E-state index contributed by atoms with van der Waals surface area (Å²) < 4.78 is 27.8. The third-order valence-corrected chi connectivity index (χ3v) is 8.46. The number of rotatable bonds is 12. The summed E-state index contributed by atoms with van der Waals surface area (Å²) in [7, 11) is -2.52. The molecular weight excluding hydrogens is 486 g/mol. The number of sulfonamides is 1. The molecule has 2 amide bonds. The SMILES string of the molecule is CC[C@H](C)NC(=O)[C@H](CC)N(CCc1ccccc1)C(=O)CN(C)S(=O)(=O)c1ccc2ccccc2c1. The van der Waals surface area contributed by atoms with Crippen molar-refractivity contribution < 1.29 is 18.0 Å². The van der Waals surface area contributed by atoms with E-state index in [4.69, 9.17) is 0 Å². The molecule has 2 atom stereocenters. The number of nitrogens with one attached hydrogen (secondary N) is 1. The van der Waals surface area contributed by atoms with Crippen LogP contribution in [0.4, 0.5) is 0 Å². The molecule has 0 aromatic heterocycles. The Balaban J connectivity index is 1.83. The third kappa shape index (κ3) is 7.17. The fourth-order valence-corrected chi connectivity index (χ4v) is 5.37. The van der Waals surface area contributed by atoms with Crippen molar-refractivity contribution in [2.24, 2.45) is 0 Å². The largest absolute Gasteiger partial charge is 0.352 e. The minimum Gasteiger partial charge on any atom is -0.352 e. The van der Waals surface area contributed by atoms with Gasteiger partial charge in [-0.2, -0.15) is 4.31 Å². The van der Waals surface area contributed by atoms with Gasteiger partial charge in [0.25, 0.3) is 0 Å². The van der Waals surface area contributed by atoms with Crippen molar-refractivity contribution in [2.45, 2.75) is 57.0 Å². The summed E-state index contributed by atoms with van der Waals surface area (Å²) in [6, 6.07) is 21.5. The molecule has 0 radical (unpaired) electrons. The first-order valence-electron chi connectivity index (χ1n) is 12.8. The Hall–Kier alpha value is -3.23. The van der Waals surface area contributed by atoms with Crippen LogP contribution in [-0.4, -0.2) is 61.7 Å². The molecule has 0 aliphatic carbocycles. The lowest BCUT2D eigenvalue weighted by atomic mass is 10.1. The van der Waals surface area contributed by atoms with E-state index in [0.29, 0.717) is 19.4 Å². The van der Waals surface area contributed by atoms with Gasteiger partial charge < -0.3 is 10.2 Å². The van der Waals surface area contributed by atoms with E-state index in [2.05, 4.69) is 5.32 Å². The Morgan fingerprint density at radius 1 is 0.892 bits per heavy atom. The van der Waals surface area contributed by atoms with E-state index in [-0.39, 0.29) is 23.4 Å². The number of benzene rings is 3. The molecule has 0 saturated carbocycles. The lowest BCUT2D eigenvalue weighted by molar-refractivity contribution is -0.141. The first-order valence-corrected chi connectivity index (χ1v) is 14.2. The number of likely N-dealkylation sites (N-methyl/N-ethyl adjacent to an activating group) is 1. The monoisotopic (exact) mass is 523 g/mol. The smallest absolute Gasteiger partial charge is 0.243 e. The van der Waals surface area contributed by atoms with Gasteiger partial charge in [-0.1, -0.05) is 74.5 Å². The van der Waals surface area contributed by atoms with Crippen LogP contribution in [0.25, 0.3) is 10.8 Å². The molecule has 37 heavy (non-hydrogen) atoms. The quantitative estimate of drug-likeness (QED) is 0.385. The minimum absolute atomic E-state index is 0.0245. The summed E-state index contributed by atoms with van der Waals surface area (Å²) in [5, 5.41) is 4.72. The van der Waals surface area contributed by atoms with Gasteiger partial charge in [0.15, 0.2) is 0 Å². The van der Waals surface area contributed by atoms with Gasteiger partial charge in [-0.15, -0.1) is 0 Å². The number of nitrogens with zero attached hydrogens (tertiary/aromatic N) is 2. The van der Waals surface area contributed by atoms with E-state index < -0.39 is 22.0 Å². The lowest BCUT2D eigenvalue weighted by Gasteiger charge is -2.32. The van der Waals surface area contributed by atoms with E-state index in [9.17, 15) is 18.0 Å². The summed E-state index contributed by atoms with van der Waals surface area (Å²) in [5.74, 6) is -0.632. The van der Waals surface area contributed by atoms with Crippen molar-refractivity contribution in [3.63, 3.8) is 0 Å². The van der Waals surface area contributed by atoms with E-state index >= 15 is 0 Å². The van der Waals surface area contributed by atoms with Crippen LogP contribution in [0, 0.1) is 0 Å². The molecule has 0 saturated heterocycles. The van der Waals surface area contributed by atoms with E-state index in [1.807, 2.05) is 75.4 Å². The number of carbonyl (C=O) groups is 2. The second kappa shape index (κ2) is 12.8. The molecule has 8 heteroatoms. The molecule has 3 aromatic carbocycles. The fraction of sp³-hybridized carbons (Fsp3) is 0.379. The van der Waals surface area contributed by atoms with Gasteiger partial charge >= 0.3 is 0 Å². The molecule has 0 spiro atoms. The van der Waals surface area contributed by atoms with Crippen molar-refractivity contribution in [3.8, 4) is 0 Å². The Kier molecular flexibility index (Phi) is 9.83. The van der Waals surface area contributed by atoms with Crippen LogP contribution < -0.4 is 5.32 Å². The first-order chi connectivity index (χ1) is 17.7. The van der Waals surface area contributed by atoms with Gasteiger partial charge in [-0.25, -0.2) is 8.42 Å². The first kappa shape index (κ1) is 28.3. The molecule has 0 heterocycles. The predicted molar refractivity (Wildman–Crippen MR) is 148 cm³/mol. The van der Waals surface area contributed by atoms with Gasteiger partial charge in [-0.3, -0.25) is 9.59 Å². The van der Waals surface area contributed by atoms with E-state index in [1.165, 1.54) is 11.9 Å². The predicted octanol–water partition coefficient (Wildman–Crippen LogP) is 4.22. The molecule has 3 rings (SSSR count). The molecule has 0 fully saturated rings. The number of hydrogen-bond acceptors (Lipinski definition) is 4. The number of carbonyl (C=O) groups excluding carboxylic acids is 2. The van der Waals surface area contributed by atoms with Crippen LogP contribution in [0.15, 0.2) is 77.7 Å². The zero-order valence-corrected chi connectivity index (χ0v) is 22.9. The summed E-state index contributed by atoms with van der Waals surface area (Å²) in [5.41, 5.74) is 1.04. The van der Waals surface area contributed by atoms with Crippen molar-refractivity contribution in [3.05, 3.63) is 78.4 Å². The zero-order valence-electron chi connectivity index (χ0n) is 22.1. The Morgan fingerprint density at radius 3 is 2.19 bits per heavy atom. The average molecular weight is 524 g/mol. The molecule has 0 aliphatic heterocycles. The summed E-state index contributed by atoms with van der Waals surface area (Å²) in [4.78, 5) is 28.3. The Morgan fingerprint density at radius 2 is 1.54 bits per heavy atom. The second-order valence-electron chi connectivity index (χ2n) is 9.33. The highest BCUT2D eigenvalue weighted by Gasteiger charge is 2.32. The number of hydrogen-bond donors (Lipinski definition) is 1. The van der Waals surface area contributed by atoms with E-state index in [0.717, 1.165) is 27.1 Å². The highest BCUT2D eigenvalue weighted by Crippen LogP contribution is 2.21. The van der Waals surface area contributed by atoms with Gasteiger partial charge in [0, 0.05) is 19.6 Å².